The Hall–Kier alpha value is -1.86. The van der Waals surface area contributed by atoms with Crippen LogP contribution in [0.3, 0.4) is 0 Å². The van der Waals surface area contributed by atoms with Gasteiger partial charge in [-0.15, -0.1) is 0 Å². The first-order valence-electron chi connectivity index (χ1n) is 4.60. The van der Waals surface area contributed by atoms with Gasteiger partial charge < -0.3 is 4.74 Å². The standard InChI is InChI=1S/C9H10ClN3O4/c10-7-5-6(13(15)16)1-2-8(7)17-4-3-9(14)12-11/h1-2,5H,3-4,11H2,(H,12,14). The lowest BCUT2D eigenvalue weighted by Crippen LogP contribution is -2.31. The van der Waals surface area contributed by atoms with Crippen molar-refractivity contribution in [3.63, 3.8) is 0 Å². The van der Waals surface area contributed by atoms with Gasteiger partial charge >= 0.3 is 0 Å². The van der Waals surface area contributed by atoms with Crippen LogP contribution in [0.5, 0.6) is 5.75 Å². The van der Waals surface area contributed by atoms with Gasteiger partial charge in [0.1, 0.15) is 5.75 Å². The van der Waals surface area contributed by atoms with Crippen molar-refractivity contribution in [3.05, 3.63) is 33.3 Å². The van der Waals surface area contributed by atoms with Crippen LogP contribution in [0.2, 0.25) is 5.02 Å². The van der Waals surface area contributed by atoms with Crippen LogP contribution in [0, 0.1) is 10.1 Å². The molecule has 0 fully saturated rings. The quantitative estimate of drug-likeness (QED) is 0.355. The Kier molecular flexibility index (Phi) is 4.68. The predicted molar refractivity (Wildman–Crippen MR) is 60.5 cm³/mol. The number of nitro groups is 1. The van der Waals surface area contributed by atoms with E-state index in [0.29, 0.717) is 0 Å². The van der Waals surface area contributed by atoms with Gasteiger partial charge in [-0.1, -0.05) is 11.6 Å². The highest BCUT2D eigenvalue weighted by atomic mass is 35.5. The summed E-state index contributed by atoms with van der Waals surface area (Å²) in [6, 6.07) is 3.82. The highest BCUT2D eigenvalue weighted by molar-refractivity contribution is 6.32. The van der Waals surface area contributed by atoms with Gasteiger partial charge in [-0.25, -0.2) is 5.84 Å². The van der Waals surface area contributed by atoms with Crippen molar-refractivity contribution >= 4 is 23.2 Å². The number of nitrogens with two attached hydrogens (primary N) is 1. The van der Waals surface area contributed by atoms with E-state index in [1.807, 2.05) is 5.43 Å². The van der Waals surface area contributed by atoms with Crippen LogP contribution in [0.25, 0.3) is 0 Å². The van der Waals surface area contributed by atoms with Gasteiger partial charge in [0.25, 0.3) is 5.69 Å². The maximum Gasteiger partial charge on any atom is 0.271 e. The topological polar surface area (TPSA) is 107 Å². The van der Waals surface area contributed by atoms with Crippen molar-refractivity contribution in [3.8, 4) is 5.75 Å². The largest absolute Gasteiger partial charge is 0.491 e. The van der Waals surface area contributed by atoms with Crippen LogP contribution in [0.4, 0.5) is 5.69 Å². The van der Waals surface area contributed by atoms with Crippen LogP contribution < -0.4 is 16.0 Å². The number of amides is 1. The number of ether oxygens (including phenoxy) is 1. The molecule has 7 nitrogen and oxygen atoms in total. The van der Waals surface area contributed by atoms with Crippen molar-refractivity contribution in [2.45, 2.75) is 6.42 Å². The summed E-state index contributed by atoms with van der Waals surface area (Å²) in [7, 11) is 0. The number of nitrogens with zero attached hydrogens (tertiary/aromatic N) is 1. The molecule has 0 saturated carbocycles. The molecule has 0 spiro atoms. The molecule has 0 aliphatic heterocycles. The van der Waals surface area contributed by atoms with Gasteiger partial charge in [-0.3, -0.25) is 20.3 Å². The normalized spacial score (nSPS) is 9.76. The molecule has 1 amide bonds. The fraction of sp³-hybridized carbons (Fsp3) is 0.222. The SMILES string of the molecule is NNC(=O)CCOc1ccc([N+](=O)[O-])cc1Cl. The van der Waals surface area contributed by atoms with Gasteiger partial charge in [0.15, 0.2) is 0 Å². The van der Waals surface area contributed by atoms with Crippen molar-refractivity contribution in [2.75, 3.05) is 6.61 Å². The van der Waals surface area contributed by atoms with Crippen LogP contribution in [0.15, 0.2) is 18.2 Å². The molecule has 3 N–H and O–H groups in total. The second-order valence-corrected chi connectivity index (χ2v) is 3.45. The van der Waals surface area contributed by atoms with Gasteiger partial charge in [0.2, 0.25) is 5.91 Å². The van der Waals surface area contributed by atoms with E-state index in [2.05, 4.69) is 0 Å². The summed E-state index contributed by atoms with van der Waals surface area (Å²) in [6.45, 7) is 0.0839. The number of nitrogens with one attached hydrogen (secondary N) is 1. The van der Waals surface area contributed by atoms with Crippen LogP contribution in [-0.2, 0) is 4.79 Å². The predicted octanol–water partition coefficient (Wildman–Crippen LogP) is 1.01. The molecule has 0 unspecified atom stereocenters. The molecule has 8 heteroatoms. The van der Waals surface area contributed by atoms with E-state index in [9.17, 15) is 14.9 Å². The van der Waals surface area contributed by atoms with Crippen molar-refractivity contribution in [1.29, 1.82) is 0 Å². The maximum absolute atomic E-state index is 10.8. The minimum absolute atomic E-state index is 0.0732. The third-order valence-electron chi connectivity index (χ3n) is 1.87. The van der Waals surface area contributed by atoms with Gasteiger partial charge in [0.05, 0.1) is 23.0 Å². The number of rotatable bonds is 5. The first-order chi connectivity index (χ1) is 8.04. The molecule has 0 aliphatic carbocycles. The van der Waals surface area contributed by atoms with E-state index < -0.39 is 4.92 Å². The Bertz CT molecular complexity index is 438. The summed E-state index contributed by atoms with van der Waals surface area (Å²) in [5, 5.41) is 10.6. The average molecular weight is 260 g/mol. The number of hydrazine groups is 1. The van der Waals surface area contributed by atoms with E-state index in [1.54, 1.807) is 0 Å². The summed E-state index contributed by atoms with van der Waals surface area (Å²) < 4.78 is 5.17. The Morgan fingerprint density at radius 3 is 2.82 bits per heavy atom. The summed E-state index contributed by atoms with van der Waals surface area (Å²) in [6.07, 6.45) is 0.0732. The molecule has 0 radical (unpaired) electrons. The first-order valence-corrected chi connectivity index (χ1v) is 4.98. The molecule has 0 bridgehead atoms. The fourth-order valence-electron chi connectivity index (χ4n) is 1.05. The fourth-order valence-corrected chi connectivity index (χ4v) is 1.28. The lowest BCUT2D eigenvalue weighted by atomic mass is 10.3. The molecule has 1 aromatic rings. The summed E-state index contributed by atoms with van der Waals surface area (Å²) >= 11 is 5.77. The molecule has 1 rings (SSSR count). The van der Waals surface area contributed by atoms with Crippen molar-refractivity contribution in [1.82, 2.24) is 5.43 Å². The highest BCUT2D eigenvalue weighted by Crippen LogP contribution is 2.28. The zero-order valence-corrected chi connectivity index (χ0v) is 9.44. The number of carbonyl (C=O) groups excluding carboxylic acids is 1. The average Bonchev–Trinajstić information content (AvgIpc) is 2.30. The lowest BCUT2D eigenvalue weighted by Gasteiger charge is -2.06. The van der Waals surface area contributed by atoms with E-state index in [0.717, 1.165) is 0 Å². The number of hydrogen-bond donors (Lipinski definition) is 2. The third kappa shape index (κ3) is 3.89. The Balaban J connectivity index is 2.60. The van der Waals surface area contributed by atoms with Gasteiger partial charge in [-0.2, -0.15) is 0 Å². The number of halogens is 1. The summed E-state index contributed by atoms with van der Waals surface area (Å²) in [4.78, 5) is 20.7. The first kappa shape index (κ1) is 13.2. The minimum Gasteiger partial charge on any atom is -0.491 e. The summed E-state index contributed by atoms with van der Waals surface area (Å²) in [5.41, 5.74) is 1.83. The Labute approximate surface area is 102 Å². The van der Waals surface area contributed by atoms with E-state index in [-0.39, 0.29) is 35.4 Å². The third-order valence-corrected chi connectivity index (χ3v) is 2.17. The molecule has 0 aromatic heterocycles. The van der Waals surface area contributed by atoms with Crippen molar-refractivity contribution < 1.29 is 14.5 Å². The number of carbonyl (C=O) groups is 1. The molecular formula is C9H10ClN3O4. The van der Waals surface area contributed by atoms with Crippen LogP contribution in [-0.4, -0.2) is 17.4 Å². The molecule has 0 atom stereocenters. The zero-order chi connectivity index (χ0) is 12.8. The van der Waals surface area contributed by atoms with Crippen LogP contribution in [0.1, 0.15) is 6.42 Å². The second-order valence-electron chi connectivity index (χ2n) is 3.04. The van der Waals surface area contributed by atoms with Gasteiger partial charge in [0, 0.05) is 12.1 Å². The number of nitro benzene ring substituents is 1. The molecule has 92 valence electrons. The van der Waals surface area contributed by atoms with Crippen LogP contribution >= 0.6 is 11.6 Å². The van der Waals surface area contributed by atoms with Gasteiger partial charge in [-0.05, 0) is 6.07 Å². The molecule has 0 saturated heterocycles. The molecule has 0 aliphatic rings. The molecule has 17 heavy (non-hydrogen) atoms. The lowest BCUT2D eigenvalue weighted by molar-refractivity contribution is -0.384. The van der Waals surface area contributed by atoms with E-state index >= 15 is 0 Å². The number of non-ortho nitro benzene ring substituents is 1. The zero-order valence-electron chi connectivity index (χ0n) is 8.68. The van der Waals surface area contributed by atoms with E-state index in [1.165, 1.54) is 18.2 Å². The maximum atomic E-state index is 10.8. The molecular weight excluding hydrogens is 250 g/mol. The second kappa shape index (κ2) is 6.02. The Morgan fingerprint density at radius 2 is 2.29 bits per heavy atom. The number of benzene rings is 1. The molecule has 1 aromatic carbocycles. The number of hydrogen-bond acceptors (Lipinski definition) is 5. The molecule has 0 heterocycles. The van der Waals surface area contributed by atoms with Crippen molar-refractivity contribution in [2.24, 2.45) is 5.84 Å². The highest BCUT2D eigenvalue weighted by Gasteiger charge is 2.10. The Morgan fingerprint density at radius 1 is 1.59 bits per heavy atom. The minimum atomic E-state index is -0.558. The summed E-state index contributed by atoms with van der Waals surface area (Å²) in [5.74, 6) is 4.79. The monoisotopic (exact) mass is 259 g/mol. The van der Waals surface area contributed by atoms with E-state index in [4.69, 9.17) is 22.2 Å². The smallest absolute Gasteiger partial charge is 0.271 e.